The summed E-state index contributed by atoms with van der Waals surface area (Å²) in [5, 5.41) is 12.0. The van der Waals surface area contributed by atoms with Crippen LogP contribution in [-0.2, 0) is 0 Å². The average Bonchev–Trinajstić information content (AvgIpc) is 2.17. The Morgan fingerprint density at radius 1 is 1.73 bits per heavy atom. The van der Waals surface area contributed by atoms with Gasteiger partial charge in [-0.2, -0.15) is 0 Å². The number of aliphatic hydroxyl groups is 1. The lowest BCUT2D eigenvalue weighted by atomic mass is 10.1. The van der Waals surface area contributed by atoms with E-state index in [1.807, 2.05) is 13.8 Å². The number of hydrogen-bond acceptors (Lipinski definition) is 4. The molecule has 81 valence electrons. The van der Waals surface area contributed by atoms with E-state index in [0.29, 0.717) is 5.82 Å². The molecule has 5 nitrogen and oxygen atoms in total. The van der Waals surface area contributed by atoms with Gasteiger partial charge in [-0.15, -0.1) is 0 Å². The number of hydrogen-bond donors (Lipinski definition) is 3. The summed E-state index contributed by atoms with van der Waals surface area (Å²) in [5.41, 5.74) is 4.65. The minimum Gasteiger partial charge on any atom is -0.394 e. The van der Waals surface area contributed by atoms with E-state index >= 15 is 0 Å². The molecule has 5 heteroatoms. The number of nitrogens with two attached hydrogens (primary N) is 1. The van der Waals surface area contributed by atoms with E-state index in [0.717, 1.165) is 0 Å². The number of aliphatic hydroxyl groups excluding tert-OH is 1. The Morgan fingerprint density at radius 3 is 2.93 bits per heavy atom. The van der Waals surface area contributed by atoms with Gasteiger partial charge < -0.3 is 16.2 Å². The zero-order chi connectivity index (χ0) is 11.5. The lowest BCUT2D eigenvalue weighted by molar-refractivity contribution is 0.0995. The fraction of sp³-hybridized carbons (Fsp3) is 0.400. The molecule has 0 bridgehead atoms. The van der Waals surface area contributed by atoms with Crippen LogP contribution in [0.4, 0.5) is 5.82 Å². The van der Waals surface area contributed by atoms with E-state index in [2.05, 4.69) is 16.4 Å². The molecule has 0 aromatic carbocycles. The molecule has 1 radical (unpaired) electrons. The van der Waals surface area contributed by atoms with Crippen molar-refractivity contribution in [1.82, 2.24) is 4.98 Å². The van der Waals surface area contributed by atoms with Crippen LogP contribution in [0.3, 0.4) is 0 Å². The number of carbonyl (C=O) groups excluding carboxylic acids is 1. The molecule has 0 atom stereocenters. The van der Waals surface area contributed by atoms with Crippen molar-refractivity contribution in [2.45, 2.75) is 19.4 Å². The Morgan fingerprint density at radius 2 is 2.40 bits per heavy atom. The van der Waals surface area contributed by atoms with Crippen molar-refractivity contribution in [3.63, 3.8) is 0 Å². The summed E-state index contributed by atoms with van der Waals surface area (Å²) < 4.78 is 0. The van der Waals surface area contributed by atoms with E-state index in [1.54, 1.807) is 12.1 Å². The zero-order valence-corrected chi connectivity index (χ0v) is 8.74. The van der Waals surface area contributed by atoms with Gasteiger partial charge in [0.15, 0.2) is 0 Å². The molecule has 4 N–H and O–H groups in total. The fourth-order valence-electron chi connectivity index (χ4n) is 0.972. The summed E-state index contributed by atoms with van der Waals surface area (Å²) >= 11 is 0. The van der Waals surface area contributed by atoms with Crippen molar-refractivity contribution >= 4 is 11.7 Å². The Bertz CT molecular complexity index is 363. The number of nitrogens with one attached hydrogen (secondary N) is 1. The first kappa shape index (κ1) is 11.5. The number of nitrogens with zero attached hydrogens (tertiary/aromatic N) is 1. The smallest absolute Gasteiger partial charge is 0.268 e. The predicted octanol–water partition coefficient (Wildman–Crippen LogP) is 0.163. The third kappa shape index (κ3) is 3.21. The maximum Gasteiger partial charge on any atom is 0.268 e. The minimum atomic E-state index is -0.625. The van der Waals surface area contributed by atoms with Gasteiger partial charge >= 0.3 is 0 Å². The van der Waals surface area contributed by atoms with E-state index < -0.39 is 11.4 Å². The minimum absolute atomic E-state index is 0.0425. The number of carbonyl (C=O) groups is 1. The van der Waals surface area contributed by atoms with Crippen LogP contribution in [0.2, 0.25) is 0 Å². The predicted molar refractivity (Wildman–Crippen MR) is 56.4 cm³/mol. The third-order valence-electron chi connectivity index (χ3n) is 1.79. The number of anilines is 1. The van der Waals surface area contributed by atoms with Crippen molar-refractivity contribution in [2.24, 2.45) is 5.73 Å². The molecular weight excluding hydrogens is 194 g/mol. The summed E-state index contributed by atoms with van der Waals surface area (Å²) in [6, 6.07) is 5.84. The van der Waals surface area contributed by atoms with Crippen LogP contribution in [0.25, 0.3) is 0 Å². The molecular formula is C10H14N3O2. The van der Waals surface area contributed by atoms with E-state index in [-0.39, 0.29) is 12.3 Å². The van der Waals surface area contributed by atoms with Gasteiger partial charge in [-0.25, -0.2) is 4.98 Å². The second kappa shape index (κ2) is 4.27. The molecule has 0 saturated carbocycles. The van der Waals surface area contributed by atoms with Crippen molar-refractivity contribution in [3.05, 3.63) is 23.9 Å². The van der Waals surface area contributed by atoms with Gasteiger partial charge in [0, 0.05) is 6.07 Å². The van der Waals surface area contributed by atoms with Crippen LogP contribution in [-0.4, -0.2) is 28.1 Å². The summed E-state index contributed by atoms with van der Waals surface area (Å²) in [7, 11) is 0. The molecule has 1 heterocycles. The number of primary amides is 1. The standard InChI is InChI=1S/C10H14N3O2/c1-10(2,6-14)13-8-5-3-4-7(12-8)9(11)15/h3,5,14H,6H2,1-2H3,(H2,11,15)(H,12,13). The van der Waals surface area contributed by atoms with Crippen molar-refractivity contribution in [1.29, 1.82) is 0 Å². The van der Waals surface area contributed by atoms with Crippen LogP contribution < -0.4 is 11.1 Å². The Labute approximate surface area is 88.3 Å². The van der Waals surface area contributed by atoms with Crippen LogP contribution in [0, 0.1) is 6.07 Å². The summed E-state index contributed by atoms with van der Waals surface area (Å²) in [4.78, 5) is 14.8. The number of rotatable bonds is 4. The topological polar surface area (TPSA) is 88.2 Å². The highest BCUT2D eigenvalue weighted by Crippen LogP contribution is 2.12. The third-order valence-corrected chi connectivity index (χ3v) is 1.79. The molecule has 15 heavy (non-hydrogen) atoms. The van der Waals surface area contributed by atoms with Crippen LogP contribution in [0.5, 0.6) is 0 Å². The average molecular weight is 208 g/mol. The summed E-state index contributed by atoms with van der Waals surface area (Å²) in [6.07, 6.45) is 0. The Hall–Kier alpha value is -1.62. The van der Waals surface area contributed by atoms with E-state index in [1.165, 1.54) is 0 Å². The van der Waals surface area contributed by atoms with Crippen LogP contribution >= 0.6 is 0 Å². The summed E-state index contributed by atoms with van der Waals surface area (Å²) in [5.74, 6) is -0.137. The van der Waals surface area contributed by atoms with Gasteiger partial charge in [-0.3, -0.25) is 4.79 Å². The lowest BCUT2D eigenvalue weighted by Gasteiger charge is -2.24. The first-order chi connectivity index (χ1) is 6.94. The SMILES string of the molecule is CC(C)(CO)Nc1cc[c]c(C(N)=O)n1. The number of amides is 1. The maximum absolute atomic E-state index is 10.8. The monoisotopic (exact) mass is 208 g/mol. The largest absolute Gasteiger partial charge is 0.394 e. The zero-order valence-electron chi connectivity index (χ0n) is 8.74. The van der Waals surface area contributed by atoms with E-state index in [4.69, 9.17) is 10.8 Å². The quantitative estimate of drug-likeness (QED) is 0.657. The molecule has 0 saturated heterocycles. The van der Waals surface area contributed by atoms with Crippen molar-refractivity contribution < 1.29 is 9.90 Å². The fourth-order valence-corrected chi connectivity index (χ4v) is 0.972. The maximum atomic E-state index is 10.8. The molecule has 1 amide bonds. The highest BCUT2D eigenvalue weighted by atomic mass is 16.3. The summed E-state index contributed by atoms with van der Waals surface area (Å²) in [6.45, 7) is 3.59. The van der Waals surface area contributed by atoms with E-state index in [9.17, 15) is 4.79 Å². The molecule has 1 aromatic rings. The Kier molecular flexibility index (Phi) is 3.26. The second-order valence-corrected chi connectivity index (χ2v) is 3.85. The highest BCUT2D eigenvalue weighted by Gasteiger charge is 2.16. The number of aromatic nitrogens is 1. The van der Waals surface area contributed by atoms with Crippen LogP contribution in [0.1, 0.15) is 24.3 Å². The lowest BCUT2D eigenvalue weighted by Crippen LogP contribution is -2.35. The molecule has 0 spiro atoms. The number of pyridine rings is 1. The van der Waals surface area contributed by atoms with Gasteiger partial charge in [0.1, 0.15) is 11.5 Å². The second-order valence-electron chi connectivity index (χ2n) is 3.85. The molecule has 0 aliphatic heterocycles. The Balaban J connectivity index is 2.87. The van der Waals surface area contributed by atoms with Gasteiger partial charge in [0.25, 0.3) is 5.91 Å². The molecule has 0 unspecified atom stereocenters. The van der Waals surface area contributed by atoms with Gasteiger partial charge in [-0.05, 0) is 26.0 Å². The molecule has 1 aromatic heterocycles. The highest BCUT2D eigenvalue weighted by molar-refractivity contribution is 5.90. The first-order valence-corrected chi connectivity index (χ1v) is 4.52. The van der Waals surface area contributed by atoms with Crippen molar-refractivity contribution in [3.8, 4) is 0 Å². The normalized spacial score (nSPS) is 11.1. The molecule has 0 aliphatic rings. The van der Waals surface area contributed by atoms with Gasteiger partial charge in [0.05, 0.1) is 12.1 Å². The van der Waals surface area contributed by atoms with Crippen molar-refractivity contribution in [2.75, 3.05) is 11.9 Å². The van der Waals surface area contributed by atoms with Crippen LogP contribution in [0.15, 0.2) is 12.1 Å². The molecule has 1 rings (SSSR count). The molecule has 0 aliphatic carbocycles. The first-order valence-electron chi connectivity index (χ1n) is 4.52. The van der Waals surface area contributed by atoms with Gasteiger partial charge in [0.2, 0.25) is 0 Å². The molecule has 0 fully saturated rings. The van der Waals surface area contributed by atoms with Gasteiger partial charge in [-0.1, -0.05) is 0 Å².